The lowest BCUT2D eigenvalue weighted by atomic mass is 9.95. The van der Waals surface area contributed by atoms with Crippen molar-refractivity contribution in [2.75, 3.05) is 30.4 Å². The molecule has 7 nitrogen and oxygen atoms in total. The van der Waals surface area contributed by atoms with Gasteiger partial charge >= 0.3 is 0 Å². The molecule has 4 aromatic rings. The van der Waals surface area contributed by atoms with Crippen molar-refractivity contribution in [1.29, 1.82) is 0 Å². The zero-order valence-corrected chi connectivity index (χ0v) is 17.7. The Morgan fingerprint density at radius 1 is 1.10 bits per heavy atom. The number of nitrogens with one attached hydrogen (secondary N) is 1. The molecule has 0 radical (unpaired) electrons. The molecule has 1 fully saturated rings. The summed E-state index contributed by atoms with van der Waals surface area (Å²) in [7, 11) is 1.60. The van der Waals surface area contributed by atoms with Crippen LogP contribution in [0.25, 0.3) is 21.9 Å². The Morgan fingerprint density at radius 3 is 2.65 bits per heavy atom. The number of hydrogen-bond donors (Lipinski definition) is 1. The van der Waals surface area contributed by atoms with E-state index in [-0.39, 0.29) is 11.8 Å². The molecule has 5 rings (SSSR count). The van der Waals surface area contributed by atoms with Gasteiger partial charge in [-0.1, -0.05) is 29.8 Å². The smallest absolute Gasteiger partial charge is 0.227 e. The van der Waals surface area contributed by atoms with Gasteiger partial charge in [0, 0.05) is 35.8 Å². The van der Waals surface area contributed by atoms with Gasteiger partial charge in [-0.25, -0.2) is 0 Å². The fourth-order valence-corrected chi connectivity index (χ4v) is 4.20. The van der Waals surface area contributed by atoms with Gasteiger partial charge in [0.25, 0.3) is 0 Å². The summed E-state index contributed by atoms with van der Waals surface area (Å²) in [4.78, 5) is 15.1. The SMILES string of the molecule is COc1cc2c(cc1NC(=O)C1CCN(c3ccc(Cl)nn3)CC1)oc1ccccc12. The number of anilines is 2. The van der Waals surface area contributed by atoms with Crippen molar-refractivity contribution >= 4 is 51.0 Å². The van der Waals surface area contributed by atoms with Gasteiger partial charge < -0.3 is 19.4 Å². The zero-order chi connectivity index (χ0) is 21.4. The maximum absolute atomic E-state index is 13.0. The molecule has 31 heavy (non-hydrogen) atoms. The maximum atomic E-state index is 13.0. The molecule has 158 valence electrons. The van der Waals surface area contributed by atoms with Crippen LogP contribution in [0.3, 0.4) is 0 Å². The summed E-state index contributed by atoms with van der Waals surface area (Å²) >= 11 is 5.81. The van der Waals surface area contributed by atoms with Gasteiger partial charge in [0.15, 0.2) is 11.0 Å². The first kappa shape index (κ1) is 19.6. The summed E-state index contributed by atoms with van der Waals surface area (Å²) in [5.41, 5.74) is 2.14. The fourth-order valence-electron chi connectivity index (χ4n) is 4.10. The molecule has 0 unspecified atom stereocenters. The highest BCUT2D eigenvalue weighted by Crippen LogP contribution is 2.36. The molecule has 8 heteroatoms. The monoisotopic (exact) mass is 436 g/mol. The first-order valence-corrected chi connectivity index (χ1v) is 10.5. The lowest BCUT2D eigenvalue weighted by Gasteiger charge is -2.31. The summed E-state index contributed by atoms with van der Waals surface area (Å²) < 4.78 is 11.5. The van der Waals surface area contributed by atoms with Crippen molar-refractivity contribution in [3.63, 3.8) is 0 Å². The van der Waals surface area contributed by atoms with Crippen LogP contribution in [0.4, 0.5) is 11.5 Å². The minimum atomic E-state index is -0.0902. The number of furan rings is 1. The second kappa shape index (κ2) is 8.07. The molecule has 0 spiro atoms. The average Bonchev–Trinajstić information content (AvgIpc) is 3.16. The minimum Gasteiger partial charge on any atom is -0.495 e. The van der Waals surface area contributed by atoms with Gasteiger partial charge in [0.2, 0.25) is 5.91 Å². The zero-order valence-electron chi connectivity index (χ0n) is 17.0. The molecule has 1 aliphatic heterocycles. The third kappa shape index (κ3) is 3.77. The van der Waals surface area contributed by atoms with Crippen LogP contribution < -0.4 is 15.0 Å². The third-order valence-electron chi connectivity index (χ3n) is 5.76. The second-order valence-electron chi connectivity index (χ2n) is 7.61. The van der Waals surface area contributed by atoms with E-state index in [1.165, 1.54) is 0 Å². The normalized spacial score (nSPS) is 14.8. The number of hydrogen-bond acceptors (Lipinski definition) is 6. The summed E-state index contributed by atoms with van der Waals surface area (Å²) in [5, 5.41) is 13.4. The van der Waals surface area contributed by atoms with E-state index in [0.717, 1.165) is 48.1 Å². The Balaban J connectivity index is 1.32. The predicted octanol–water partition coefficient (Wildman–Crippen LogP) is 4.89. The Hall–Kier alpha value is -3.32. The van der Waals surface area contributed by atoms with E-state index in [0.29, 0.717) is 22.2 Å². The van der Waals surface area contributed by atoms with Crippen LogP contribution in [0.5, 0.6) is 5.75 Å². The molecule has 1 saturated heterocycles. The molecule has 2 aromatic carbocycles. The molecule has 3 heterocycles. The summed E-state index contributed by atoms with van der Waals surface area (Å²) in [6.45, 7) is 1.46. The van der Waals surface area contributed by atoms with Gasteiger partial charge in [0.1, 0.15) is 16.9 Å². The first-order chi connectivity index (χ1) is 15.1. The number of nitrogens with zero attached hydrogens (tertiary/aromatic N) is 3. The van der Waals surface area contributed by atoms with Crippen molar-refractivity contribution in [3.8, 4) is 5.75 Å². The first-order valence-electron chi connectivity index (χ1n) is 10.2. The largest absolute Gasteiger partial charge is 0.495 e. The molecular formula is C23H21ClN4O3. The van der Waals surface area contributed by atoms with Crippen molar-refractivity contribution in [2.45, 2.75) is 12.8 Å². The minimum absolute atomic E-state index is 0.0180. The Bertz CT molecular complexity index is 1250. The Morgan fingerprint density at radius 2 is 1.90 bits per heavy atom. The van der Waals surface area contributed by atoms with E-state index in [2.05, 4.69) is 20.4 Å². The lowest BCUT2D eigenvalue weighted by Crippen LogP contribution is -2.38. The van der Waals surface area contributed by atoms with E-state index in [4.69, 9.17) is 20.8 Å². The molecule has 2 aromatic heterocycles. The van der Waals surface area contributed by atoms with Gasteiger partial charge in [0.05, 0.1) is 12.8 Å². The third-order valence-corrected chi connectivity index (χ3v) is 5.97. The van der Waals surface area contributed by atoms with E-state index >= 15 is 0 Å². The maximum Gasteiger partial charge on any atom is 0.227 e. The van der Waals surface area contributed by atoms with Crippen LogP contribution in [0.2, 0.25) is 5.15 Å². The standard InChI is InChI=1S/C23H21ClN4O3/c1-30-20-12-16-15-4-2-3-5-18(15)31-19(16)13-17(20)25-23(29)14-8-10-28(11-9-14)22-7-6-21(24)26-27-22/h2-7,12-14H,8-11H2,1H3,(H,25,29). The molecular weight excluding hydrogens is 416 g/mol. The molecule has 0 aliphatic carbocycles. The quantitative estimate of drug-likeness (QED) is 0.490. The van der Waals surface area contributed by atoms with Crippen LogP contribution in [-0.4, -0.2) is 36.3 Å². The summed E-state index contributed by atoms with van der Waals surface area (Å²) in [5.74, 6) is 1.28. The number of piperidine rings is 1. The van der Waals surface area contributed by atoms with Gasteiger partial charge in [-0.05, 0) is 37.1 Å². The number of methoxy groups -OCH3 is 1. The molecule has 0 bridgehead atoms. The number of benzene rings is 2. The lowest BCUT2D eigenvalue weighted by molar-refractivity contribution is -0.120. The number of fused-ring (bicyclic) bond motifs is 3. The van der Waals surface area contributed by atoms with Gasteiger partial charge in [-0.2, -0.15) is 0 Å². The molecule has 1 amide bonds. The fraction of sp³-hybridized carbons (Fsp3) is 0.261. The van der Waals surface area contributed by atoms with Crippen LogP contribution in [0.1, 0.15) is 12.8 Å². The highest BCUT2D eigenvalue weighted by Gasteiger charge is 2.27. The number of halogens is 1. The Kier molecular flexibility index (Phi) is 5.11. The predicted molar refractivity (Wildman–Crippen MR) is 121 cm³/mol. The van der Waals surface area contributed by atoms with Crippen LogP contribution >= 0.6 is 11.6 Å². The van der Waals surface area contributed by atoms with E-state index in [1.807, 2.05) is 42.5 Å². The number of ether oxygens (including phenoxy) is 1. The number of amides is 1. The second-order valence-corrected chi connectivity index (χ2v) is 8.00. The van der Waals surface area contributed by atoms with E-state index < -0.39 is 0 Å². The topological polar surface area (TPSA) is 80.5 Å². The highest BCUT2D eigenvalue weighted by molar-refractivity contribution is 6.29. The number of para-hydroxylation sites is 1. The molecule has 0 saturated carbocycles. The van der Waals surface area contributed by atoms with Crippen molar-refractivity contribution in [2.24, 2.45) is 5.92 Å². The molecule has 0 atom stereocenters. The van der Waals surface area contributed by atoms with Crippen LogP contribution in [0.15, 0.2) is 52.9 Å². The highest BCUT2D eigenvalue weighted by atomic mass is 35.5. The Labute approximate surface area is 183 Å². The summed E-state index contributed by atoms with van der Waals surface area (Å²) in [6, 6.07) is 15.2. The molecule has 1 aliphatic rings. The number of aromatic nitrogens is 2. The number of carbonyl (C=O) groups excluding carboxylic acids is 1. The molecule has 1 N–H and O–H groups in total. The van der Waals surface area contributed by atoms with Crippen molar-refractivity contribution < 1.29 is 13.9 Å². The van der Waals surface area contributed by atoms with Crippen molar-refractivity contribution in [3.05, 3.63) is 53.7 Å². The van der Waals surface area contributed by atoms with E-state index in [1.54, 1.807) is 13.2 Å². The van der Waals surface area contributed by atoms with E-state index in [9.17, 15) is 4.79 Å². The van der Waals surface area contributed by atoms with Gasteiger partial charge in [-0.3, -0.25) is 4.79 Å². The number of carbonyl (C=O) groups is 1. The average molecular weight is 437 g/mol. The van der Waals surface area contributed by atoms with Crippen molar-refractivity contribution in [1.82, 2.24) is 10.2 Å². The van der Waals surface area contributed by atoms with Crippen LogP contribution in [0, 0.1) is 5.92 Å². The van der Waals surface area contributed by atoms with Crippen LogP contribution in [-0.2, 0) is 4.79 Å². The van der Waals surface area contributed by atoms with Gasteiger partial charge in [-0.15, -0.1) is 10.2 Å². The number of rotatable bonds is 4. The summed E-state index contributed by atoms with van der Waals surface area (Å²) in [6.07, 6.45) is 1.46.